The molecule has 0 aliphatic rings. The highest BCUT2D eigenvalue weighted by Crippen LogP contribution is 2.27. The number of aromatic amines is 1. The van der Waals surface area contributed by atoms with Crippen LogP contribution in [0.15, 0.2) is 10.9 Å². The van der Waals surface area contributed by atoms with E-state index < -0.39 is 39.8 Å². The molecule has 0 radical (unpaired) electrons. The number of nitrogens with zero attached hydrogens (tertiary/aromatic N) is 1. The zero-order valence-corrected chi connectivity index (χ0v) is 9.11. The first-order chi connectivity index (χ1) is 8.38. The van der Waals surface area contributed by atoms with Crippen LogP contribution < -0.4 is 5.56 Å². The summed E-state index contributed by atoms with van der Waals surface area (Å²) in [5.41, 5.74) is -4.15. The average Bonchev–Trinajstić information content (AvgIpc) is 2.27. The van der Waals surface area contributed by atoms with Gasteiger partial charge >= 0.3 is 5.97 Å². The maximum Gasteiger partial charge on any atom is 0.347 e. The first-order valence-electron chi connectivity index (χ1n) is 4.75. The first-order valence-corrected chi connectivity index (χ1v) is 4.75. The summed E-state index contributed by atoms with van der Waals surface area (Å²) in [4.78, 5) is 33.7. The van der Waals surface area contributed by atoms with Crippen molar-refractivity contribution in [3.8, 4) is 0 Å². The maximum atomic E-state index is 12.7. The topological polar surface area (TPSA) is 102 Å². The Labute approximate surface area is 98.5 Å². The van der Waals surface area contributed by atoms with E-state index in [1.54, 1.807) is 4.98 Å². The summed E-state index contributed by atoms with van der Waals surface area (Å²) < 4.78 is 29.8. The maximum absolute atomic E-state index is 12.7. The molecule has 0 aromatic carbocycles. The molecule has 1 aromatic heterocycles. The Hall–Kier alpha value is -2.32. The van der Waals surface area contributed by atoms with Gasteiger partial charge in [0, 0.05) is 0 Å². The van der Waals surface area contributed by atoms with Crippen LogP contribution in [0.3, 0.4) is 0 Å². The molecule has 0 spiro atoms. The highest BCUT2D eigenvalue weighted by Gasteiger charge is 2.30. The number of nitro groups is 1. The average molecular weight is 262 g/mol. The van der Waals surface area contributed by atoms with Gasteiger partial charge in [-0.25, -0.2) is 13.6 Å². The molecule has 1 N–H and O–H groups in total. The lowest BCUT2D eigenvalue weighted by Crippen LogP contribution is -2.19. The zero-order chi connectivity index (χ0) is 13.9. The van der Waals surface area contributed by atoms with Crippen molar-refractivity contribution in [1.82, 2.24) is 4.98 Å². The Morgan fingerprint density at radius 1 is 1.61 bits per heavy atom. The Morgan fingerprint density at radius 2 is 2.22 bits per heavy atom. The van der Waals surface area contributed by atoms with Crippen molar-refractivity contribution in [2.45, 2.75) is 13.3 Å². The molecule has 0 aliphatic carbocycles. The van der Waals surface area contributed by atoms with Crippen LogP contribution >= 0.6 is 0 Å². The third-order valence-corrected chi connectivity index (χ3v) is 1.95. The van der Waals surface area contributed by atoms with Crippen LogP contribution in [0.1, 0.15) is 29.4 Å². The number of pyridine rings is 1. The van der Waals surface area contributed by atoms with Crippen molar-refractivity contribution in [2.24, 2.45) is 0 Å². The van der Waals surface area contributed by atoms with Gasteiger partial charge in [-0.2, -0.15) is 0 Å². The summed E-state index contributed by atoms with van der Waals surface area (Å²) in [5, 5.41) is 10.7. The monoisotopic (exact) mass is 262 g/mol. The first kappa shape index (κ1) is 13.7. The third-order valence-electron chi connectivity index (χ3n) is 1.95. The molecule has 0 aliphatic heterocycles. The predicted octanol–water partition coefficient (Wildman–Crippen LogP) is 1.40. The smallest absolute Gasteiger partial charge is 0.347 e. The van der Waals surface area contributed by atoms with Gasteiger partial charge in [-0.05, 0) is 6.92 Å². The summed E-state index contributed by atoms with van der Waals surface area (Å²) in [5.74, 6) is -1.28. The predicted molar refractivity (Wildman–Crippen MR) is 54.6 cm³/mol. The molecule has 1 rings (SSSR count). The SMILES string of the molecule is CCOC(=O)c1c([N+](=O)[O-])cc(=O)[nH]c1C(F)F. The molecule has 0 saturated carbocycles. The van der Waals surface area contributed by atoms with Crippen molar-refractivity contribution < 1.29 is 23.2 Å². The van der Waals surface area contributed by atoms with Crippen LogP contribution in [0.4, 0.5) is 14.5 Å². The largest absolute Gasteiger partial charge is 0.462 e. The van der Waals surface area contributed by atoms with Crippen molar-refractivity contribution in [1.29, 1.82) is 0 Å². The van der Waals surface area contributed by atoms with Gasteiger partial charge in [0.2, 0.25) is 0 Å². The van der Waals surface area contributed by atoms with Crippen molar-refractivity contribution >= 4 is 11.7 Å². The number of aromatic nitrogens is 1. The summed E-state index contributed by atoms with van der Waals surface area (Å²) in [6.07, 6.45) is -3.24. The highest BCUT2D eigenvalue weighted by atomic mass is 19.3. The normalized spacial score (nSPS) is 10.4. The molecular formula is C9H8F2N2O5. The van der Waals surface area contributed by atoms with Gasteiger partial charge in [-0.1, -0.05) is 0 Å². The standard InChI is InChI=1S/C9H8F2N2O5/c1-2-18-9(15)6-4(13(16)17)3-5(14)12-7(6)8(10)11/h3,8H,2H2,1H3,(H,12,14). The van der Waals surface area contributed by atoms with Crippen LogP contribution in [0, 0.1) is 10.1 Å². The molecule has 0 atom stereocenters. The second-order valence-electron chi connectivity index (χ2n) is 3.09. The minimum atomic E-state index is -3.24. The van der Waals surface area contributed by atoms with E-state index >= 15 is 0 Å². The molecule has 98 valence electrons. The minimum absolute atomic E-state index is 0.141. The fourth-order valence-corrected chi connectivity index (χ4v) is 1.29. The number of nitrogens with one attached hydrogen (secondary N) is 1. The van der Waals surface area contributed by atoms with Gasteiger partial charge in [0.15, 0.2) is 5.56 Å². The van der Waals surface area contributed by atoms with E-state index in [-0.39, 0.29) is 6.61 Å². The number of ether oxygens (including phenoxy) is 1. The zero-order valence-electron chi connectivity index (χ0n) is 9.11. The van der Waals surface area contributed by atoms with Crippen molar-refractivity contribution in [2.75, 3.05) is 6.61 Å². The van der Waals surface area contributed by atoms with Crippen LogP contribution in [0.25, 0.3) is 0 Å². The lowest BCUT2D eigenvalue weighted by Gasteiger charge is -2.07. The molecule has 0 fully saturated rings. The molecular weight excluding hydrogens is 254 g/mol. The van der Waals surface area contributed by atoms with Gasteiger partial charge in [0.1, 0.15) is 5.69 Å². The lowest BCUT2D eigenvalue weighted by atomic mass is 10.1. The van der Waals surface area contributed by atoms with Crippen LogP contribution in [-0.2, 0) is 4.74 Å². The Kier molecular flexibility index (Phi) is 4.08. The molecule has 1 aromatic rings. The fourth-order valence-electron chi connectivity index (χ4n) is 1.29. The van der Waals surface area contributed by atoms with E-state index in [0.29, 0.717) is 6.07 Å². The van der Waals surface area contributed by atoms with Crippen molar-refractivity contribution in [3.05, 3.63) is 37.8 Å². The van der Waals surface area contributed by atoms with E-state index in [1.165, 1.54) is 6.92 Å². The molecule has 0 bridgehead atoms. The van der Waals surface area contributed by atoms with E-state index in [0.717, 1.165) is 0 Å². The Balaban J connectivity index is 3.56. The van der Waals surface area contributed by atoms with Crippen LogP contribution in [0.2, 0.25) is 0 Å². The van der Waals surface area contributed by atoms with Crippen molar-refractivity contribution in [3.63, 3.8) is 0 Å². The quantitative estimate of drug-likeness (QED) is 0.502. The molecule has 0 amide bonds. The van der Waals surface area contributed by atoms with E-state index in [2.05, 4.69) is 4.74 Å². The number of H-pyrrole nitrogens is 1. The second-order valence-corrected chi connectivity index (χ2v) is 3.09. The number of halogens is 2. The number of carbonyl (C=O) groups is 1. The minimum Gasteiger partial charge on any atom is -0.462 e. The summed E-state index contributed by atoms with van der Waals surface area (Å²) >= 11 is 0. The molecule has 1 heterocycles. The number of hydrogen-bond donors (Lipinski definition) is 1. The summed E-state index contributed by atoms with van der Waals surface area (Å²) in [7, 11) is 0. The Bertz CT molecular complexity index is 540. The Morgan fingerprint density at radius 3 is 2.67 bits per heavy atom. The van der Waals surface area contributed by atoms with Gasteiger partial charge in [0.25, 0.3) is 17.7 Å². The van der Waals surface area contributed by atoms with Gasteiger partial charge < -0.3 is 9.72 Å². The summed E-state index contributed by atoms with van der Waals surface area (Å²) in [6.45, 7) is 1.27. The lowest BCUT2D eigenvalue weighted by molar-refractivity contribution is -0.385. The highest BCUT2D eigenvalue weighted by molar-refractivity contribution is 5.95. The molecule has 0 saturated heterocycles. The fraction of sp³-hybridized carbons (Fsp3) is 0.333. The van der Waals surface area contributed by atoms with Gasteiger partial charge in [-0.15, -0.1) is 0 Å². The third kappa shape index (κ3) is 2.67. The molecule has 0 unspecified atom stereocenters. The van der Waals surface area contributed by atoms with E-state index in [4.69, 9.17) is 0 Å². The second kappa shape index (κ2) is 5.34. The van der Waals surface area contributed by atoms with Crippen LogP contribution in [0.5, 0.6) is 0 Å². The van der Waals surface area contributed by atoms with E-state index in [1.807, 2.05) is 0 Å². The number of esters is 1. The molecule has 9 heteroatoms. The number of alkyl halides is 2. The summed E-state index contributed by atoms with van der Waals surface area (Å²) in [6, 6.07) is 0.456. The number of rotatable bonds is 4. The number of hydrogen-bond acceptors (Lipinski definition) is 5. The molecule has 18 heavy (non-hydrogen) atoms. The molecule has 7 nitrogen and oxygen atoms in total. The van der Waals surface area contributed by atoms with Gasteiger partial charge in [0.05, 0.1) is 17.6 Å². The van der Waals surface area contributed by atoms with Crippen LogP contribution in [-0.4, -0.2) is 22.5 Å². The van der Waals surface area contributed by atoms with Gasteiger partial charge in [-0.3, -0.25) is 14.9 Å². The van der Waals surface area contributed by atoms with E-state index in [9.17, 15) is 28.5 Å². The number of carbonyl (C=O) groups excluding carboxylic acids is 1.